The Morgan fingerprint density at radius 1 is 1.83 bits per heavy atom. The third kappa shape index (κ3) is 2.32. The van der Waals surface area contributed by atoms with Gasteiger partial charge in [-0.1, -0.05) is 12.2 Å². The summed E-state index contributed by atoms with van der Waals surface area (Å²) >= 11 is 6.96. The van der Waals surface area contributed by atoms with Crippen molar-refractivity contribution in [3.63, 3.8) is 0 Å². The topological polar surface area (TPSA) is 35.5 Å². The standard InChI is InChI=1S/C7H14N2OS2/c1-8-4-6(11)9-2-3-12-7(9)5-10/h7-8,10H,2-5H2,1H3. The van der Waals surface area contributed by atoms with Crippen LogP contribution in [0.25, 0.3) is 0 Å². The number of nitrogens with one attached hydrogen (secondary N) is 1. The number of nitrogens with zero attached hydrogens (tertiary/aromatic N) is 1. The van der Waals surface area contributed by atoms with Gasteiger partial charge in [0.2, 0.25) is 0 Å². The zero-order valence-corrected chi connectivity index (χ0v) is 8.75. The number of thiocarbonyl (C=S) groups is 1. The first-order valence-electron chi connectivity index (χ1n) is 3.96. The van der Waals surface area contributed by atoms with Crippen LogP contribution < -0.4 is 5.32 Å². The van der Waals surface area contributed by atoms with Crippen molar-refractivity contribution >= 4 is 29.0 Å². The molecule has 1 fully saturated rings. The maximum Gasteiger partial charge on any atom is 0.0987 e. The Labute approximate surface area is 82.5 Å². The minimum atomic E-state index is 0.186. The SMILES string of the molecule is CNCC(=S)N1CCSC1CO. The van der Waals surface area contributed by atoms with Crippen molar-refractivity contribution in [3.8, 4) is 0 Å². The Hall–Kier alpha value is 0.160. The lowest BCUT2D eigenvalue weighted by molar-refractivity contribution is 0.243. The van der Waals surface area contributed by atoms with Crippen molar-refractivity contribution in [2.75, 3.05) is 32.5 Å². The van der Waals surface area contributed by atoms with Gasteiger partial charge in [0.1, 0.15) is 0 Å². The molecule has 1 heterocycles. The molecule has 12 heavy (non-hydrogen) atoms. The Morgan fingerprint density at radius 2 is 2.58 bits per heavy atom. The van der Waals surface area contributed by atoms with E-state index in [9.17, 15) is 0 Å². The van der Waals surface area contributed by atoms with Crippen molar-refractivity contribution in [1.29, 1.82) is 0 Å². The van der Waals surface area contributed by atoms with E-state index in [4.69, 9.17) is 17.3 Å². The Kier molecular flexibility index (Phi) is 4.28. The second-order valence-electron chi connectivity index (χ2n) is 2.63. The van der Waals surface area contributed by atoms with Gasteiger partial charge >= 0.3 is 0 Å². The molecule has 0 bridgehead atoms. The largest absolute Gasteiger partial charge is 0.393 e. The van der Waals surface area contributed by atoms with Crippen LogP contribution in [0, 0.1) is 0 Å². The summed E-state index contributed by atoms with van der Waals surface area (Å²) in [5, 5.41) is 12.2. The molecule has 1 saturated heterocycles. The van der Waals surface area contributed by atoms with Crippen LogP contribution in [-0.2, 0) is 0 Å². The molecule has 1 atom stereocenters. The molecule has 70 valence electrons. The molecule has 0 aromatic carbocycles. The van der Waals surface area contributed by atoms with Gasteiger partial charge in [-0.2, -0.15) is 0 Å². The van der Waals surface area contributed by atoms with Crippen molar-refractivity contribution in [2.24, 2.45) is 0 Å². The van der Waals surface area contributed by atoms with Crippen LogP contribution in [0.1, 0.15) is 0 Å². The summed E-state index contributed by atoms with van der Waals surface area (Å²) in [5.74, 6) is 1.06. The molecule has 0 saturated carbocycles. The maximum atomic E-state index is 9.01. The van der Waals surface area contributed by atoms with E-state index in [1.54, 1.807) is 11.8 Å². The lowest BCUT2D eigenvalue weighted by atomic mass is 10.4. The molecule has 0 spiro atoms. The molecule has 0 aliphatic carbocycles. The quantitative estimate of drug-likeness (QED) is 0.631. The van der Waals surface area contributed by atoms with E-state index in [0.29, 0.717) is 0 Å². The summed E-state index contributed by atoms with van der Waals surface area (Å²) in [5.41, 5.74) is 0. The highest BCUT2D eigenvalue weighted by Crippen LogP contribution is 2.23. The normalized spacial score (nSPS) is 23.2. The summed E-state index contributed by atoms with van der Waals surface area (Å²) in [7, 11) is 1.88. The average molecular weight is 206 g/mol. The van der Waals surface area contributed by atoms with Gasteiger partial charge in [-0.15, -0.1) is 11.8 Å². The third-order valence-electron chi connectivity index (χ3n) is 1.79. The molecular formula is C7H14N2OS2. The molecule has 5 heteroatoms. The number of hydrogen-bond donors (Lipinski definition) is 2. The minimum Gasteiger partial charge on any atom is -0.393 e. The molecule has 0 radical (unpaired) electrons. The molecular weight excluding hydrogens is 192 g/mol. The fraction of sp³-hybridized carbons (Fsp3) is 0.857. The van der Waals surface area contributed by atoms with Gasteiger partial charge in [0.25, 0.3) is 0 Å². The van der Waals surface area contributed by atoms with Crippen LogP contribution in [0.5, 0.6) is 0 Å². The van der Waals surface area contributed by atoms with Crippen LogP contribution in [0.15, 0.2) is 0 Å². The van der Waals surface area contributed by atoms with Gasteiger partial charge in [0.15, 0.2) is 0 Å². The maximum absolute atomic E-state index is 9.01. The van der Waals surface area contributed by atoms with Gasteiger partial charge in [0, 0.05) is 18.8 Å². The van der Waals surface area contributed by atoms with E-state index >= 15 is 0 Å². The van der Waals surface area contributed by atoms with E-state index in [0.717, 1.165) is 23.8 Å². The van der Waals surface area contributed by atoms with Gasteiger partial charge in [-0.05, 0) is 7.05 Å². The van der Waals surface area contributed by atoms with Crippen LogP contribution in [-0.4, -0.2) is 52.9 Å². The van der Waals surface area contributed by atoms with Gasteiger partial charge in [-0.3, -0.25) is 0 Å². The molecule has 1 unspecified atom stereocenters. The van der Waals surface area contributed by atoms with E-state index in [2.05, 4.69) is 10.2 Å². The first kappa shape index (κ1) is 10.2. The number of aliphatic hydroxyl groups is 1. The van der Waals surface area contributed by atoms with Crippen molar-refractivity contribution in [1.82, 2.24) is 10.2 Å². The zero-order valence-electron chi connectivity index (χ0n) is 7.12. The van der Waals surface area contributed by atoms with Crippen molar-refractivity contribution < 1.29 is 5.11 Å². The number of likely N-dealkylation sites (N-methyl/N-ethyl adjacent to an activating group) is 1. The molecule has 2 N–H and O–H groups in total. The predicted octanol–water partition coefficient (Wildman–Crippen LogP) is -0.0996. The Bertz CT molecular complexity index is 165. The summed E-state index contributed by atoms with van der Waals surface area (Å²) in [4.78, 5) is 3.00. The highest BCUT2D eigenvalue weighted by Gasteiger charge is 2.25. The highest BCUT2D eigenvalue weighted by atomic mass is 32.2. The first-order chi connectivity index (χ1) is 5.79. The molecule has 0 aromatic rings. The van der Waals surface area contributed by atoms with Gasteiger partial charge < -0.3 is 15.3 Å². The van der Waals surface area contributed by atoms with E-state index in [1.807, 2.05) is 7.05 Å². The summed E-state index contributed by atoms with van der Waals surface area (Å²) in [6, 6.07) is 0. The zero-order chi connectivity index (χ0) is 8.97. The Balaban J connectivity index is 2.43. The van der Waals surface area contributed by atoms with Crippen LogP contribution in [0.3, 0.4) is 0 Å². The molecule has 0 aromatic heterocycles. The molecule has 1 aliphatic rings. The van der Waals surface area contributed by atoms with E-state index in [1.165, 1.54) is 0 Å². The van der Waals surface area contributed by atoms with E-state index in [-0.39, 0.29) is 12.0 Å². The van der Waals surface area contributed by atoms with Crippen LogP contribution in [0.2, 0.25) is 0 Å². The molecule has 1 rings (SSSR count). The van der Waals surface area contributed by atoms with Gasteiger partial charge in [-0.25, -0.2) is 0 Å². The van der Waals surface area contributed by atoms with Gasteiger partial charge in [0.05, 0.1) is 17.0 Å². The predicted molar refractivity (Wildman–Crippen MR) is 56.6 cm³/mol. The van der Waals surface area contributed by atoms with Crippen molar-refractivity contribution in [2.45, 2.75) is 5.37 Å². The summed E-state index contributed by atoms with van der Waals surface area (Å²) in [6.07, 6.45) is 0. The number of thioether (sulfide) groups is 1. The fourth-order valence-corrected chi connectivity index (χ4v) is 2.73. The van der Waals surface area contributed by atoms with E-state index < -0.39 is 0 Å². The number of aliphatic hydroxyl groups excluding tert-OH is 1. The fourth-order valence-electron chi connectivity index (χ4n) is 1.21. The minimum absolute atomic E-state index is 0.186. The smallest absolute Gasteiger partial charge is 0.0987 e. The second-order valence-corrected chi connectivity index (χ2v) is 4.38. The molecule has 3 nitrogen and oxygen atoms in total. The number of hydrogen-bond acceptors (Lipinski definition) is 4. The molecule has 0 amide bonds. The second kappa shape index (κ2) is 5.01. The third-order valence-corrected chi connectivity index (χ3v) is 3.38. The van der Waals surface area contributed by atoms with Crippen LogP contribution in [0.4, 0.5) is 0 Å². The number of rotatable bonds is 3. The highest BCUT2D eigenvalue weighted by molar-refractivity contribution is 8.00. The Morgan fingerprint density at radius 3 is 3.17 bits per heavy atom. The molecule has 1 aliphatic heterocycles. The lowest BCUT2D eigenvalue weighted by Crippen LogP contribution is -2.40. The summed E-state index contributed by atoms with van der Waals surface area (Å²) in [6.45, 7) is 1.89. The first-order valence-corrected chi connectivity index (χ1v) is 5.42. The average Bonchev–Trinajstić information content (AvgIpc) is 2.51. The lowest BCUT2D eigenvalue weighted by Gasteiger charge is -2.24. The van der Waals surface area contributed by atoms with Crippen LogP contribution >= 0.6 is 24.0 Å². The monoisotopic (exact) mass is 206 g/mol. The van der Waals surface area contributed by atoms with Crippen molar-refractivity contribution in [3.05, 3.63) is 0 Å². The summed E-state index contributed by atoms with van der Waals surface area (Å²) < 4.78 is 0.